The lowest BCUT2D eigenvalue weighted by Crippen LogP contribution is -2.41. The third-order valence-electron chi connectivity index (χ3n) is 3.17. The predicted molar refractivity (Wildman–Crippen MR) is 74.6 cm³/mol. The van der Waals surface area contributed by atoms with Crippen molar-refractivity contribution in [3.63, 3.8) is 0 Å². The summed E-state index contributed by atoms with van der Waals surface area (Å²) >= 11 is 0. The van der Waals surface area contributed by atoms with Crippen molar-refractivity contribution in [2.75, 3.05) is 30.9 Å². The number of ether oxygens (including phenoxy) is 1. The number of rotatable bonds is 8. The fraction of sp³-hybridized carbons (Fsp3) is 0.750. The summed E-state index contributed by atoms with van der Waals surface area (Å²) < 4.78 is 5.05. The number of aliphatic hydroxyl groups is 1. The molecule has 1 aromatic rings. The molecule has 7 nitrogen and oxygen atoms in total. The second-order valence-electron chi connectivity index (χ2n) is 4.27. The smallest absolute Gasteiger partial charge is 0.322 e. The molecule has 19 heavy (non-hydrogen) atoms. The topological polar surface area (TPSA) is 92.2 Å². The van der Waals surface area contributed by atoms with E-state index in [1.807, 2.05) is 20.8 Å². The minimum absolute atomic E-state index is 0.0184. The molecular weight excluding hydrogens is 246 g/mol. The molecule has 0 fully saturated rings. The maximum Gasteiger partial charge on any atom is 0.322 e. The molecule has 3 N–H and O–H groups in total. The van der Waals surface area contributed by atoms with E-state index in [4.69, 9.17) is 4.74 Å². The maximum atomic E-state index is 9.56. The highest BCUT2D eigenvalue weighted by molar-refractivity contribution is 5.38. The average molecular weight is 269 g/mol. The molecule has 0 unspecified atom stereocenters. The molecule has 7 heteroatoms. The van der Waals surface area contributed by atoms with E-state index < -0.39 is 5.54 Å². The fourth-order valence-electron chi connectivity index (χ4n) is 1.67. The summed E-state index contributed by atoms with van der Waals surface area (Å²) in [5, 5.41) is 15.8. The summed E-state index contributed by atoms with van der Waals surface area (Å²) in [5.74, 6) is 0.858. The Bertz CT molecular complexity index is 387. The molecular formula is C12H23N5O2. The minimum Gasteiger partial charge on any atom is -0.467 e. The van der Waals surface area contributed by atoms with Gasteiger partial charge in [0.05, 0.1) is 19.3 Å². The van der Waals surface area contributed by atoms with Crippen LogP contribution in [0, 0.1) is 0 Å². The van der Waals surface area contributed by atoms with Gasteiger partial charge in [-0.3, -0.25) is 0 Å². The van der Waals surface area contributed by atoms with Gasteiger partial charge in [0.25, 0.3) is 0 Å². The lowest BCUT2D eigenvalue weighted by atomic mass is 9.94. The summed E-state index contributed by atoms with van der Waals surface area (Å²) in [4.78, 5) is 12.5. The van der Waals surface area contributed by atoms with Gasteiger partial charge >= 0.3 is 6.01 Å². The largest absolute Gasteiger partial charge is 0.467 e. The first kappa shape index (κ1) is 15.4. The maximum absolute atomic E-state index is 9.56. The molecule has 0 aliphatic heterocycles. The second kappa shape index (κ2) is 7.08. The highest BCUT2D eigenvalue weighted by atomic mass is 16.5. The van der Waals surface area contributed by atoms with E-state index in [0.717, 1.165) is 12.8 Å². The van der Waals surface area contributed by atoms with Crippen molar-refractivity contribution >= 4 is 11.9 Å². The second-order valence-corrected chi connectivity index (χ2v) is 4.27. The SMILES string of the molecule is CCNc1nc(NC(CC)(CC)CO)nc(OC)n1. The quantitative estimate of drug-likeness (QED) is 0.654. The van der Waals surface area contributed by atoms with Crippen LogP contribution in [0.25, 0.3) is 0 Å². The van der Waals surface area contributed by atoms with Crippen LogP contribution in [-0.4, -0.2) is 45.9 Å². The van der Waals surface area contributed by atoms with Gasteiger partial charge in [0.1, 0.15) is 0 Å². The fourth-order valence-corrected chi connectivity index (χ4v) is 1.67. The Morgan fingerprint density at radius 1 is 1.11 bits per heavy atom. The monoisotopic (exact) mass is 269 g/mol. The van der Waals surface area contributed by atoms with Gasteiger partial charge in [0, 0.05) is 6.54 Å². The van der Waals surface area contributed by atoms with Crippen molar-refractivity contribution in [1.82, 2.24) is 15.0 Å². The van der Waals surface area contributed by atoms with Crippen LogP contribution < -0.4 is 15.4 Å². The van der Waals surface area contributed by atoms with Crippen LogP contribution >= 0.6 is 0 Å². The zero-order valence-corrected chi connectivity index (χ0v) is 12.0. The number of methoxy groups -OCH3 is 1. The van der Waals surface area contributed by atoms with Crippen LogP contribution in [-0.2, 0) is 0 Å². The van der Waals surface area contributed by atoms with Gasteiger partial charge in [0.15, 0.2) is 0 Å². The van der Waals surface area contributed by atoms with Crippen molar-refractivity contribution in [1.29, 1.82) is 0 Å². The third-order valence-corrected chi connectivity index (χ3v) is 3.17. The minimum atomic E-state index is -0.421. The molecule has 0 radical (unpaired) electrons. The number of hydrogen-bond donors (Lipinski definition) is 3. The van der Waals surface area contributed by atoms with Crippen molar-refractivity contribution in [3.8, 4) is 6.01 Å². The Balaban J connectivity index is 3.01. The third kappa shape index (κ3) is 3.92. The Hall–Kier alpha value is -1.63. The van der Waals surface area contributed by atoms with E-state index >= 15 is 0 Å². The number of anilines is 2. The van der Waals surface area contributed by atoms with E-state index in [-0.39, 0.29) is 12.6 Å². The molecule has 1 heterocycles. The van der Waals surface area contributed by atoms with E-state index in [1.54, 1.807) is 0 Å². The van der Waals surface area contributed by atoms with Crippen LogP contribution in [0.2, 0.25) is 0 Å². The van der Waals surface area contributed by atoms with Crippen molar-refractivity contribution in [2.24, 2.45) is 0 Å². The highest BCUT2D eigenvalue weighted by Gasteiger charge is 2.26. The zero-order chi connectivity index (χ0) is 14.3. The molecule has 0 bridgehead atoms. The molecule has 0 spiro atoms. The summed E-state index contributed by atoms with van der Waals surface area (Å²) in [6.45, 7) is 6.70. The van der Waals surface area contributed by atoms with Crippen molar-refractivity contribution in [3.05, 3.63) is 0 Å². The standard InChI is InChI=1S/C12H23N5O2/c1-5-12(6-2,8-18)17-10-14-9(13-7-3)15-11(16-10)19-4/h18H,5-8H2,1-4H3,(H2,13,14,15,16,17). The van der Waals surface area contributed by atoms with Gasteiger partial charge in [0.2, 0.25) is 11.9 Å². The summed E-state index contributed by atoms with van der Waals surface area (Å²) in [7, 11) is 1.51. The van der Waals surface area contributed by atoms with Gasteiger partial charge in [-0.05, 0) is 19.8 Å². The Labute approximate surface area is 113 Å². The Morgan fingerprint density at radius 2 is 1.74 bits per heavy atom. The van der Waals surface area contributed by atoms with Gasteiger partial charge in [-0.15, -0.1) is 0 Å². The molecule has 108 valence electrons. The summed E-state index contributed by atoms with van der Waals surface area (Å²) in [6.07, 6.45) is 1.54. The summed E-state index contributed by atoms with van der Waals surface area (Å²) in [5.41, 5.74) is -0.421. The van der Waals surface area contributed by atoms with E-state index in [2.05, 4.69) is 25.6 Å². The molecule has 1 rings (SSSR count). The number of aliphatic hydroxyl groups excluding tert-OH is 1. The van der Waals surface area contributed by atoms with E-state index in [1.165, 1.54) is 7.11 Å². The molecule has 1 aromatic heterocycles. The van der Waals surface area contributed by atoms with Crippen molar-refractivity contribution in [2.45, 2.75) is 39.2 Å². The first-order valence-electron chi connectivity index (χ1n) is 6.56. The van der Waals surface area contributed by atoms with Gasteiger partial charge < -0.3 is 20.5 Å². The Kier molecular flexibility index (Phi) is 5.75. The molecule has 0 saturated heterocycles. The lowest BCUT2D eigenvalue weighted by molar-refractivity contribution is 0.201. The van der Waals surface area contributed by atoms with Crippen LogP contribution in [0.4, 0.5) is 11.9 Å². The van der Waals surface area contributed by atoms with E-state index in [0.29, 0.717) is 18.4 Å². The highest BCUT2D eigenvalue weighted by Crippen LogP contribution is 2.21. The molecule has 0 aliphatic rings. The zero-order valence-electron chi connectivity index (χ0n) is 12.0. The lowest BCUT2D eigenvalue weighted by Gasteiger charge is -2.30. The molecule has 0 saturated carbocycles. The first-order chi connectivity index (χ1) is 9.12. The molecule has 0 aromatic carbocycles. The number of nitrogens with zero attached hydrogens (tertiary/aromatic N) is 3. The average Bonchev–Trinajstić information content (AvgIpc) is 2.45. The Morgan fingerprint density at radius 3 is 2.21 bits per heavy atom. The van der Waals surface area contributed by atoms with Crippen LogP contribution in [0.3, 0.4) is 0 Å². The normalized spacial score (nSPS) is 11.2. The number of nitrogens with one attached hydrogen (secondary N) is 2. The first-order valence-corrected chi connectivity index (χ1v) is 6.56. The van der Waals surface area contributed by atoms with Crippen LogP contribution in [0.1, 0.15) is 33.6 Å². The summed E-state index contributed by atoms with van der Waals surface area (Å²) in [6, 6.07) is 0.243. The van der Waals surface area contributed by atoms with Crippen molar-refractivity contribution < 1.29 is 9.84 Å². The molecule has 0 aliphatic carbocycles. The van der Waals surface area contributed by atoms with E-state index in [9.17, 15) is 5.11 Å². The predicted octanol–water partition coefficient (Wildman–Crippen LogP) is 1.27. The molecule has 0 amide bonds. The van der Waals surface area contributed by atoms with Crippen LogP contribution in [0.5, 0.6) is 6.01 Å². The van der Waals surface area contributed by atoms with Gasteiger partial charge in [-0.2, -0.15) is 15.0 Å². The molecule has 0 atom stereocenters. The van der Waals surface area contributed by atoms with Gasteiger partial charge in [-0.1, -0.05) is 13.8 Å². The number of hydrogen-bond acceptors (Lipinski definition) is 7. The van der Waals surface area contributed by atoms with Gasteiger partial charge in [-0.25, -0.2) is 0 Å². The number of aromatic nitrogens is 3. The van der Waals surface area contributed by atoms with Crippen LogP contribution in [0.15, 0.2) is 0 Å².